The zero-order valence-electron chi connectivity index (χ0n) is 20.8. The first-order valence-electron chi connectivity index (χ1n) is 12.2. The molecule has 0 aliphatic heterocycles. The number of hydrogen-bond acceptors (Lipinski definition) is 5. The Kier molecular flexibility index (Phi) is 8.23. The van der Waals surface area contributed by atoms with E-state index >= 15 is 0 Å². The predicted octanol–water partition coefficient (Wildman–Crippen LogP) is 4.87. The maximum atomic E-state index is 13.5. The maximum absolute atomic E-state index is 13.5. The van der Waals surface area contributed by atoms with Crippen LogP contribution in [0.2, 0.25) is 0 Å². The van der Waals surface area contributed by atoms with Gasteiger partial charge in [-0.15, -0.1) is 0 Å². The SMILES string of the molecule is COc1ccc(C(=O)Nc2cccc(CN(C(=O)c3ccccc3)C3CCC(N)CC3)c2)cc1OC. The van der Waals surface area contributed by atoms with Crippen molar-refractivity contribution >= 4 is 17.5 Å². The minimum atomic E-state index is -0.258. The third-order valence-corrected chi connectivity index (χ3v) is 6.65. The summed E-state index contributed by atoms with van der Waals surface area (Å²) >= 11 is 0. The summed E-state index contributed by atoms with van der Waals surface area (Å²) in [5, 5.41) is 2.95. The molecule has 188 valence electrons. The molecule has 0 radical (unpaired) electrons. The number of anilines is 1. The zero-order chi connectivity index (χ0) is 25.5. The van der Waals surface area contributed by atoms with Crippen LogP contribution in [0.5, 0.6) is 11.5 Å². The van der Waals surface area contributed by atoms with E-state index in [1.807, 2.05) is 59.5 Å². The summed E-state index contributed by atoms with van der Waals surface area (Å²) in [7, 11) is 3.09. The second-order valence-corrected chi connectivity index (χ2v) is 9.09. The van der Waals surface area contributed by atoms with Crippen LogP contribution in [0, 0.1) is 0 Å². The Morgan fingerprint density at radius 1 is 0.861 bits per heavy atom. The molecule has 0 saturated heterocycles. The van der Waals surface area contributed by atoms with Gasteiger partial charge in [0.15, 0.2) is 11.5 Å². The summed E-state index contributed by atoms with van der Waals surface area (Å²) in [4.78, 5) is 28.4. The summed E-state index contributed by atoms with van der Waals surface area (Å²) in [6.07, 6.45) is 3.58. The Balaban J connectivity index is 1.52. The van der Waals surface area contributed by atoms with Gasteiger partial charge in [-0.1, -0.05) is 30.3 Å². The van der Waals surface area contributed by atoms with Crippen LogP contribution in [0.1, 0.15) is 52.0 Å². The quantitative estimate of drug-likeness (QED) is 0.473. The van der Waals surface area contributed by atoms with E-state index in [9.17, 15) is 9.59 Å². The lowest BCUT2D eigenvalue weighted by Gasteiger charge is -2.36. The van der Waals surface area contributed by atoms with Gasteiger partial charge in [0.2, 0.25) is 0 Å². The van der Waals surface area contributed by atoms with E-state index in [1.165, 1.54) is 7.11 Å². The van der Waals surface area contributed by atoms with Crippen molar-refractivity contribution in [1.29, 1.82) is 0 Å². The Morgan fingerprint density at radius 2 is 1.58 bits per heavy atom. The molecule has 7 heteroatoms. The average Bonchev–Trinajstić information content (AvgIpc) is 2.92. The standard InChI is InChI=1S/C29H33N3O4/c1-35-26-16-11-22(18-27(26)36-2)28(33)31-24-10-6-7-20(17-24)19-32(25-14-12-23(30)13-15-25)29(34)21-8-4-3-5-9-21/h3-11,16-18,23,25H,12-15,19,30H2,1-2H3,(H,31,33). The minimum Gasteiger partial charge on any atom is -0.493 e. The molecule has 1 aliphatic rings. The Morgan fingerprint density at radius 3 is 2.28 bits per heavy atom. The summed E-state index contributed by atoms with van der Waals surface area (Å²) in [5.41, 5.74) is 8.86. The number of benzene rings is 3. The van der Waals surface area contributed by atoms with E-state index in [0.717, 1.165) is 31.2 Å². The number of carbonyl (C=O) groups excluding carboxylic acids is 2. The second kappa shape index (κ2) is 11.7. The van der Waals surface area contributed by atoms with Crippen molar-refractivity contribution in [2.75, 3.05) is 19.5 Å². The highest BCUT2D eigenvalue weighted by Gasteiger charge is 2.28. The van der Waals surface area contributed by atoms with Crippen LogP contribution in [0.15, 0.2) is 72.8 Å². The normalized spacial score (nSPS) is 17.2. The molecule has 4 rings (SSSR count). The van der Waals surface area contributed by atoms with E-state index in [0.29, 0.717) is 34.9 Å². The van der Waals surface area contributed by atoms with Gasteiger partial charge in [0, 0.05) is 35.4 Å². The lowest BCUT2D eigenvalue weighted by molar-refractivity contribution is 0.0606. The summed E-state index contributed by atoms with van der Waals surface area (Å²) in [6.45, 7) is 0.452. The Hall–Kier alpha value is -3.84. The Bertz CT molecular complexity index is 1190. The van der Waals surface area contributed by atoms with Gasteiger partial charge in [-0.2, -0.15) is 0 Å². The van der Waals surface area contributed by atoms with Gasteiger partial charge >= 0.3 is 0 Å². The first-order valence-corrected chi connectivity index (χ1v) is 12.2. The largest absolute Gasteiger partial charge is 0.493 e. The highest BCUT2D eigenvalue weighted by molar-refractivity contribution is 6.04. The fourth-order valence-electron chi connectivity index (χ4n) is 4.65. The molecule has 1 aliphatic carbocycles. The van der Waals surface area contributed by atoms with Crippen LogP contribution < -0.4 is 20.5 Å². The number of nitrogens with two attached hydrogens (primary N) is 1. The number of ether oxygens (including phenoxy) is 2. The number of hydrogen-bond donors (Lipinski definition) is 2. The fourth-order valence-corrected chi connectivity index (χ4v) is 4.65. The molecule has 1 fully saturated rings. The van der Waals surface area contributed by atoms with Crippen molar-refractivity contribution in [3.8, 4) is 11.5 Å². The number of methoxy groups -OCH3 is 2. The van der Waals surface area contributed by atoms with Gasteiger partial charge in [0.05, 0.1) is 14.2 Å². The van der Waals surface area contributed by atoms with Crippen LogP contribution in [-0.4, -0.2) is 43.0 Å². The molecule has 0 bridgehead atoms. The molecule has 3 aromatic carbocycles. The van der Waals surface area contributed by atoms with E-state index in [2.05, 4.69) is 5.32 Å². The fraction of sp³-hybridized carbons (Fsp3) is 0.310. The van der Waals surface area contributed by atoms with Crippen LogP contribution in [-0.2, 0) is 6.54 Å². The molecule has 0 spiro atoms. The van der Waals surface area contributed by atoms with Gasteiger partial charge in [-0.3, -0.25) is 9.59 Å². The van der Waals surface area contributed by atoms with Gasteiger partial charge in [-0.05, 0) is 73.7 Å². The van der Waals surface area contributed by atoms with Gasteiger partial charge in [0.25, 0.3) is 11.8 Å². The van der Waals surface area contributed by atoms with Crippen molar-refractivity contribution in [3.63, 3.8) is 0 Å². The molecule has 7 nitrogen and oxygen atoms in total. The maximum Gasteiger partial charge on any atom is 0.255 e. The smallest absolute Gasteiger partial charge is 0.255 e. The molecule has 2 amide bonds. The first-order chi connectivity index (χ1) is 17.5. The highest BCUT2D eigenvalue weighted by atomic mass is 16.5. The van der Waals surface area contributed by atoms with E-state index < -0.39 is 0 Å². The third-order valence-electron chi connectivity index (χ3n) is 6.65. The third kappa shape index (κ3) is 6.04. The molecular weight excluding hydrogens is 454 g/mol. The summed E-state index contributed by atoms with van der Waals surface area (Å²) in [5.74, 6) is 0.798. The van der Waals surface area contributed by atoms with Crippen molar-refractivity contribution in [2.24, 2.45) is 5.73 Å². The molecule has 0 unspecified atom stereocenters. The number of carbonyl (C=O) groups is 2. The molecule has 0 aromatic heterocycles. The molecule has 0 atom stereocenters. The molecule has 3 N–H and O–H groups in total. The molecule has 3 aromatic rings. The van der Waals surface area contributed by atoms with Crippen molar-refractivity contribution in [2.45, 2.75) is 44.3 Å². The first kappa shape index (κ1) is 25.3. The van der Waals surface area contributed by atoms with Crippen LogP contribution >= 0.6 is 0 Å². The minimum absolute atomic E-state index is 0.0100. The van der Waals surface area contributed by atoms with Crippen LogP contribution in [0.25, 0.3) is 0 Å². The summed E-state index contributed by atoms with van der Waals surface area (Å²) in [6, 6.07) is 22.4. The average molecular weight is 488 g/mol. The zero-order valence-corrected chi connectivity index (χ0v) is 20.8. The van der Waals surface area contributed by atoms with Crippen molar-refractivity contribution in [3.05, 3.63) is 89.5 Å². The number of rotatable bonds is 8. The lowest BCUT2D eigenvalue weighted by atomic mass is 9.90. The Labute approximate surface area is 212 Å². The predicted molar refractivity (Wildman–Crippen MR) is 140 cm³/mol. The number of amides is 2. The van der Waals surface area contributed by atoms with Gasteiger partial charge in [-0.25, -0.2) is 0 Å². The van der Waals surface area contributed by atoms with E-state index in [-0.39, 0.29) is 23.9 Å². The highest BCUT2D eigenvalue weighted by Crippen LogP contribution is 2.29. The number of nitrogens with zero attached hydrogens (tertiary/aromatic N) is 1. The molecule has 1 saturated carbocycles. The van der Waals surface area contributed by atoms with Gasteiger partial charge in [0.1, 0.15) is 0 Å². The van der Waals surface area contributed by atoms with Crippen LogP contribution in [0.4, 0.5) is 5.69 Å². The van der Waals surface area contributed by atoms with Crippen LogP contribution in [0.3, 0.4) is 0 Å². The van der Waals surface area contributed by atoms with E-state index in [4.69, 9.17) is 15.2 Å². The molecular formula is C29H33N3O4. The lowest BCUT2D eigenvalue weighted by Crippen LogP contribution is -2.43. The van der Waals surface area contributed by atoms with Crippen molar-refractivity contribution in [1.82, 2.24) is 4.90 Å². The monoisotopic (exact) mass is 487 g/mol. The van der Waals surface area contributed by atoms with Crippen molar-refractivity contribution < 1.29 is 19.1 Å². The second-order valence-electron chi connectivity index (χ2n) is 9.09. The van der Waals surface area contributed by atoms with E-state index in [1.54, 1.807) is 25.3 Å². The van der Waals surface area contributed by atoms with Gasteiger partial charge < -0.3 is 25.4 Å². The topological polar surface area (TPSA) is 93.9 Å². The number of nitrogens with one attached hydrogen (secondary N) is 1. The molecule has 36 heavy (non-hydrogen) atoms. The summed E-state index contributed by atoms with van der Waals surface area (Å²) < 4.78 is 10.6. The molecule has 0 heterocycles.